The van der Waals surface area contributed by atoms with Crippen molar-refractivity contribution < 1.29 is 9.59 Å². The summed E-state index contributed by atoms with van der Waals surface area (Å²) in [6, 6.07) is 6.05. The zero-order valence-electron chi connectivity index (χ0n) is 14.3. The second kappa shape index (κ2) is 6.89. The number of hydrogen-bond acceptors (Lipinski definition) is 4. The number of aromatic nitrogens is 1. The van der Waals surface area contributed by atoms with E-state index in [1.165, 1.54) is 11.3 Å². The van der Waals surface area contributed by atoms with E-state index in [1.54, 1.807) is 0 Å². The molecule has 1 aromatic carbocycles. The number of hydrogen-bond donors (Lipinski definition) is 1. The third-order valence-corrected chi connectivity index (χ3v) is 5.46. The van der Waals surface area contributed by atoms with Gasteiger partial charge in [0.25, 0.3) is 0 Å². The third kappa shape index (κ3) is 3.43. The van der Waals surface area contributed by atoms with Crippen LogP contribution in [0.3, 0.4) is 0 Å². The van der Waals surface area contributed by atoms with Crippen molar-refractivity contribution in [3.05, 3.63) is 23.8 Å². The lowest BCUT2D eigenvalue weighted by Gasteiger charge is -2.32. The number of piperidine rings is 1. The molecular weight excluding hydrogens is 322 g/mol. The van der Waals surface area contributed by atoms with Crippen molar-refractivity contribution >= 4 is 38.5 Å². The Morgan fingerprint density at radius 3 is 2.62 bits per heavy atom. The Hall–Kier alpha value is -1.95. The maximum Gasteiger partial charge on any atom is 0.229 e. The zero-order valence-corrected chi connectivity index (χ0v) is 15.2. The van der Waals surface area contributed by atoms with Gasteiger partial charge >= 0.3 is 0 Å². The standard InChI is InChI=1S/C18H23N3O2S/c1-11(2)17(23)21-9-7-13(8-10-21)16(22)20-18-19-15-12(3)5-4-6-14(15)24-18/h4-6,11,13H,7-10H2,1-3H3,(H,19,20,22). The smallest absolute Gasteiger partial charge is 0.229 e. The highest BCUT2D eigenvalue weighted by Crippen LogP contribution is 2.29. The van der Waals surface area contributed by atoms with E-state index in [-0.39, 0.29) is 23.7 Å². The number of fused-ring (bicyclic) bond motifs is 1. The van der Waals surface area contributed by atoms with Gasteiger partial charge in [-0.15, -0.1) is 0 Å². The maximum absolute atomic E-state index is 12.5. The van der Waals surface area contributed by atoms with Crippen LogP contribution in [0.4, 0.5) is 5.13 Å². The number of nitrogens with zero attached hydrogens (tertiary/aromatic N) is 2. The number of aryl methyl sites for hydroxylation is 1. The van der Waals surface area contributed by atoms with Crippen molar-refractivity contribution in [2.75, 3.05) is 18.4 Å². The number of anilines is 1. The molecule has 0 aliphatic carbocycles. The highest BCUT2D eigenvalue weighted by Gasteiger charge is 2.28. The molecule has 1 N–H and O–H groups in total. The molecule has 1 saturated heterocycles. The van der Waals surface area contributed by atoms with Crippen LogP contribution in [0.1, 0.15) is 32.3 Å². The van der Waals surface area contributed by atoms with Gasteiger partial charge in [-0.1, -0.05) is 37.3 Å². The van der Waals surface area contributed by atoms with Gasteiger partial charge in [0.15, 0.2) is 5.13 Å². The SMILES string of the molecule is Cc1cccc2sc(NC(=O)C3CCN(C(=O)C(C)C)CC3)nc12. The Labute approximate surface area is 146 Å². The lowest BCUT2D eigenvalue weighted by molar-refractivity contribution is -0.137. The predicted molar refractivity (Wildman–Crippen MR) is 97.1 cm³/mol. The molecule has 6 heteroatoms. The van der Waals surface area contributed by atoms with E-state index >= 15 is 0 Å². The maximum atomic E-state index is 12.5. The van der Waals surface area contributed by atoms with Gasteiger partial charge in [-0.3, -0.25) is 9.59 Å². The average molecular weight is 345 g/mol. The summed E-state index contributed by atoms with van der Waals surface area (Å²) in [6.45, 7) is 7.17. The quantitative estimate of drug-likeness (QED) is 0.927. The van der Waals surface area contributed by atoms with Crippen LogP contribution in [0, 0.1) is 18.8 Å². The molecular formula is C18H23N3O2S. The predicted octanol–water partition coefficient (Wildman–Crippen LogP) is 3.44. The van der Waals surface area contributed by atoms with Crippen LogP contribution < -0.4 is 5.32 Å². The van der Waals surface area contributed by atoms with E-state index < -0.39 is 0 Å². The Kier molecular flexibility index (Phi) is 4.85. The van der Waals surface area contributed by atoms with Crippen LogP contribution in [0.5, 0.6) is 0 Å². The molecule has 0 radical (unpaired) electrons. The van der Waals surface area contributed by atoms with Crippen LogP contribution in [-0.4, -0.2) is 34.8 Å². The molecule has 1 aliphatic rings. The first-order valence-corrected chi connectivity index (χ1v) is 9.23. The molecule has 0 saturated carbocycles. The normalized spacial score (nSPS) is 15.9. The van der Waals surface area contributed by atoms with Crippen molar-refractivity contribution in [2.24, 2.45) is 11.8 Å². The fraction of sp³-hybridized carbons (Fsp3) is 0.500. The Balaban J connectivity index is 1.61. The van der Waals surface area contributed by atoms with Gasteiger partial charge in [-0.05, 0) is 31.4 Å². The molecule has 0 atom stereocenters. The molecule has 24 heavy (non-hydrogen) atoms. The highest BCUT2D eigenvalue weighted by atomic mass is 32.1. The minimum absolute atomic E-state index is 0.0152. The summed E-state index contributed by atoms with van der Waals surface area (Å²) in [5, 5.41) is 3.62. The van der Waals surface area contributed by atoms with Crippen LogP contribution in [0.25, 0.3) is 10.2 Å². The van der Waals surface area contributed by atoms with Gasteiger partial charge in [0.1, 0.15) is 0 Å². The Morgan fingerprint density at radius 1 is 1.29 bits per heavy atom. The molecule has 0 unspecified atom stereocenters. The van der Waals surface area contributed by atoms with Crippen LogP contribution in [-0.2, 0) is 9.59 Å². The summed E-state index contributed by atoms with van der Waals surface area (Å²) in [7, 11) is 0. The summed E-state index contributed by atoms with van der Waals surface area (Å²) in [5.74, 6) is 0.162. The van der Waals surface area contributed by atoms with Gasteiger partial charge in [0, 0.05) is 24.9 Å². The van der Waals surface area contributed by atoms with Crippen molar-refractivity contribution in [1.29, 1.82) is 0 Å². The first-order valence-electron chi connectivity index (χ1n) is 8.41. The van der Waals surface area contributed by atoms with Crippen molar-refractivity contribution in [3.8, 4) is 0 Å². The molecule has 2 aromatic rings. The second-order valence-corrected chi connectivity index (χ2v) is 7.71. The van der Waals surface area contributed by atoms with Crippen LogP contribution in [0.2, 0.25) is 0 Å². The number of carbonyl (C=O) groups excluding carboxylic acids is 2. The number of likely N-dealkylation sites (tertiary alicyclic amines) is 1. The number of carbonyl (C=O) groups is 2. The molecule has 128 valence electrons. The number of benzene rings is 1. The van der Waals surface area contributed by atoms with Gasteiger partial charge in [0.2, 0.25) is 11.8 Å². The van der Waals surface area contributed by atoms with Crippen molar-refractivity contribution in [1.82, 2.24) is 9.88 Å². The van der Waals surface area contributed by atoms with Crippen molar-refractivity contribution in [2.45, 2.75) is 33.6 Å². The molecule has 3 rings (SSSR count). The van der Waals surface area contributed by atoms with E-state index in [0.29, 0.717) is 31.1 Å². The highest BCUT2D eigenvalue weighted by molar-refractivity contribution is 7.22. The molecule has 0 bridgehead atoms. The zero-order chi connectivity index (χ0) is 17.3. The number of thiazole rings is 1. The van der Waals surface area contributed by atoms with E-state index in [9.17, 15) is 9.59 Å². The molecule has 2 amide bonds. The van der Waals surface area contributed by atoms with E-state index in [4.69, 9.17) is 0 Å². The van der Waals surface area contributed by atoms with Crippen molar-refractivity contribution in [3.63, 3.8) is 0 Å². The fourth-order valence-electron chi connectivity index (χ4n) is 3.07. The topological polar surface area (TPSA) is 62.3 Å². The monoisotopic (exact) mass is 345 g/mol. The summed E-state index contributed by atoms with van der Waals surface area (Å²) in [6.07, 6.45) is 1.43. The largest absolute Gasteiger partial charge is 0.342 e. The molecule has 1 aromatic heterocycles. The Morgan fingerprint density at radius 2 is 2.00 bits per heavy atom. The summed E-state index contributed by atoms with van der Waals surface area (Å²) in [4.78, 5) is 30.9. The third-order valence-electron chi connectivity index (χ3n) is 4.52. The Bertz CT molecular complexity index is 761. The molecule has 5 nitrogen and oxygen atoms in total. The van der Waals surface area contributed by atoms with Gasteiger partial charge in [-0.2, -0.15) is 0 Å². The van der Waals surface area contributed by atoms with E-state index in [1.807, 2.05) is 43.9 Å². The average Bonchev–Trinajstić information content (AvgIpc) is 2.98. The molecule has 1 fully saturated rings. The van der Waals surface area contributed by atoms with E-state index in [2.05, 4.69) is 10.3 Å². The number of para-hydroxylation sites is 1. The lowest BCUT2D eigenvalue weighted by Crippen LogP contribution is -2.43. The van der Waals surface area contributed by atoms with Crippen LogP contribution in [0.15, 0.2) is 18.2 Å². The first-order chi connectivity index (χ1) is 11.5. The van der Waals surface area contributed by atoms with E-state index in [0.717, 1.165) is 15.8 Å². The molecule has 2 heterocycles. The summed E-state index contributed by atoms with van der Waals surface area (Å²) < 4.78 is 1.09. The second-order valence-electron chi connectivity index (χ2n) is 6.68. The number of amides is 2. The first kappa shape index (κ1) is 16.9. The molecule has 1 aliphatic heterocycles. The number of nitrogens with one attached hydrogen (secondary N) is 1. The van der Waals surface area contributed by atoms with Gasteiger partial charge in [0.05, 0.1) is 10.2 Å². The number of rotatable bonds is 3. The molecule has 0 spiro atoms. The minimum atomic E-state index is -0.0469. The lowest BCUT2D eigenvalue weighted by atomic mass is 9.95. The van der Waals surface area contributed by atoms with Gasteiger partial charge < -0.3 is 10.2 Å². The van der Waals surface area contributed by atoms with Gasteiger partial charge in [-0.25, -0.2) is 4.98 Å². The van der Waals surface area contributed by atoms with Crippen LogP contribution >= 0.6 is 11.3 Å². The summed E-state index contributed by atoms with van der Waals surface area (Å²) >= 11 is 1.51. The minimum Gasteiger partial charge on any atom is -0.342 e. The summed E-state index contributed by atoms with van der Waals surface area (Å²) in [5.41, 5.74) is 2.07. The fourth-order valence-corrected chi connectivity index (χ4v) is 4.02.